The van der Waals surface area contributed by atoms with E-state index in [-0.39, 0.29) is 0 Å². The molecule has 1 aliphatic heterocycles. The van der Waals surface area contributed by atoms with Crippen molar-refractivity contribution in [2.24, 2.45) is 11.7 Å². The van der Waals surface area contributed by atoms with Gasteiger partial charge in [-0.3, -0.25) is 4.90 Å². The number of likely N-dealkylation sites (tertiary alicyclic amines) is 1. The molecule has 2 rings (SSSR count). The van der Waals surface area contributed by atoms with Crippen LogP contribution in [0.1, 0.15) is 50.3 Å². The average Bonchev–Trinajstić information content (AvgIpc) is 2.70. The lowest BCUT2D eigenvalue weighted by molar-refractivity contribution is 0.117. The van der Waals surface area contributed by atoms with Gasteiger partial charge in [-0.15, -0.1) is 0 Å². The quantitative estimate of drug-likeness (QED) is 0.904. The molecule has 3 heteroatoms. The third-order valence-electron chi connectivity index (χ3n) is 4.68. The molecule has 1 heterocycles. The summed E-state index contributed by atoms with van der Waals surface area (Å²) in [5, 5.41) is 0. The Morgan fingerprint density at radius 2 is 2.05 bits per heavy atom. The third-order valence-corrected chi connectivity index (χ3v) is 4.68. The summed E-state index contributed by atoms with van der Waals surface area (Å²) in [7, 11) is 1.77. The molecule has 1 saturated heterocycles. The van der Waals surface area contributed by atoms with Crippen LogP contribution in [0.3, 0.4) is 0 Å². The summed E-state index contributed by atoms with van der Waals surface area (Å²) >= 11 is 0. The maximum Gasteiger partial charge on any atom is 0.0716 e. The molecular formula is C18H30N2O. The molecule has 0 aromatic heterocycles. The van der Waals surface area contributed by atoms with E-state index in [1.165, 1.54) is 36.9 Å². The lowest BCUT2D eigenvalue weighted by atomic mass is 9.86. The summed E-state index contributed by atoms with van der Waals surface area (Å²) < 4.78 is 5.41. The average molecular weight is 290 g/mol. The molecule has 0 radical (unpaired) electrons. The van der Waals surface area contributed by atoms with Gasteiger partial charge in [0.25, 0.3) is 0 Å². The fourth-order valence-corrected chi connectivity index (χ4v) is 3.64. The highest BCUT2D eigenvalue weighted by Gasteiger charge is 2.32. The monoisotopic (exact) mass is 290 g/mol. The molecule has 1 fully saturated rings. The van der Waals surface area contributed by atoms with Gasteiger partial charge in [-0.2, -0.15) is 0 Å². The molecule has 2 atom stereocenters. The first-order valence-corrected chi connectivity index (χ1v) is 8.21. The number of benzene rings is 1. The molecule has 0 amide bonds. The number of nitrogens with two attached hydrogens (primary N) is 1. The first kappa shape index (κ1) is 16.5. The van der Waals surface area contributed by atoms with Crippen LogP contribution in [0.15, 0.2) is 24.3 Å². The van der Waals surface area contributed by atoms with E-state index < -0.39 is 0 Å². The molecule has 2 N–H and O–H groups in total. The number of rotatable bonds is 5. The van der Waals surface area contributed by atoms with Gasteiger partial charge in [0.1, 0.15) is 0 Å². The molecule has 0 bridgehead atoms. The van der Waals surface area contributed by atoms with Crippen LogP contribution in [-0.2, 0) is 11.3 Å². The van der Waals surface area contributed by atoms with Gasteiger partial charge in [0.2, 0.25) is 0 Å². The zero-order chi connectivity index (χ0) is 15.2. The van der Waals surface area contributed by atoms with Crippen molar-refractivity contribution in [3.05, 3.63) is 35.4 Å². The van der Waals surface area contributed by atoms with Gasteiger partial charge >= 0.3 is 0 Å². The van der Waals surface area contributed by atoms with Crippen molar-refractivity contribution >= 4 is 0 Å². The number of hydrogen-bond donors (Lipinski definition) is 1. The third kappa shape index (κ3) is 3.85. The van der Waals surface area contributed by atoms with Crippen LogP contribution < -0.4 is 5.73 Å². The fraction of sp³-hybridized carbons (Fsp3) is 0.667. The Kier molecular flexibility index (Phi) is 6.22. The molecule has 0 spiro atoms. The van der Waals surface area contributed by atoms with Crippen molar-refractivity contribution in [3.63, 3.8) is 0 Å². The zero-order valence-electron chi connectivity index (χ0n) is 13.7. The summed E-state index contributed by atoms with van der Waals surface area (Å²) in [6, 6.07) is 9.66. The van der Waals surface area contributed by atoms with E-state index in [9.17, 15) is 0 Å². The highest BCUT2D eigenvalue weighted by atomic mass is 16.5. The van der Waals surface area contributed by atoms with Crippen LogP contribution in [0, 0.1) is 5.92 Å². The molecule has 1 aliphatic rings. The Hall–Kier alpha value is -0.900. The SMILES string of the molecule is COCc1ccccc1C1C(CN)CCCCN1C(C)C. The topological polar surface area (TPSA) is 38.5 Å². The predicted molar refractivity (Wildman–Crippen MR) is 88.1 cm³/mol. The molecule has 1 aromatic carbocycles. The molecule has 118 valence electrons. The van der Waals surface area contributed by atoms with E-state index >= 15 is 0 Å². The van der Waals surface area contributed by atoms with Crippen LogP contribution in [-0.4, -0.2) is 31.1 Å². The molecule has 2 unspecified atom stereocenters. The van der Waals surface area contributed by atoms with Gasteiger partial charge in [0, 0.05) is 19.2 Å². The Bertz CT molecular complexity index is 433. The van der Waals surface area contributed by atoms with Crippen LogP contribution in [0.25, 0.3) is 0 Å². The largest absolute Gasteiger partial charge is 0.380 e. The van der Waals surface area contributed by atoms with E-state index in [4.69, 9.17) is 10.5 Å². The van der Waals surface area contributed by atoms with E-state index in [1.54, 1.807) is 7.11 Å². The normalized spacial score (nSPS) is 24.2. The molecule has 0 saturated carbocycles. The summed E-state index contributed by atoms with van der Waals surface area (Å²) in [5.74, 6) is 0.535. The molecule has 0 aliphatic carbocycles. The molecule has 1 aromatic rings. The highest BCUT2D eigenvalue weighted by molar-refractivity contribution is 5.30. The number of hydrogen-bond acceptors (Lipinski definition) is 3. The Morgan fingerprint density at radius 3 is 2.71 bits per heavy atom. The summed E-state index contributed by atoms with van der Waals surface area (Å²) in [5.41, 5.74) is 8.84. The first-order chi connectivity index (χ1) is 10.2. The van der Waals surface area contributed by atoms with Gasteiger partial charge in [-0.25, -0.2) is 0 Å². The van der Waals surface area contributed by atoms with E-state index in [0.717, 1.165) is 6.54 Å². The highest BCUT2D eigenvalue weighted by Crippen LogP contribution is 2.37. The number of methoxy groups -OCH3 is 1. The van der Waals surface area contributed by atoms with Crippen molar-refractivity contribution in [2.45, 2.75) is 51.8 Å². The van der Waals surface area contributed by atoms with Gasteiger partial charge in [0.15, 0.2) is 0 Å². The predicted octanol–water partition coefficient (Wildman–Crippen LogP) is 3.34. The molecule has 3 nitrogen and oxygen atoms in total. The van der Waals surface area contributed by atoms with Crippen LogP contribution in [0.5, 0.6) is 0 Å². The lowest BCUT2D eigenvalue weighted by Gasteiger charge is -2.38. The minimum atomic E-state index is 0.420. The second-order valence-electron chi connectivity index (χ2n) is 6.40. The van der Waals surface area contributed by atoms with Crippen molar-refractivity contribution in [1.82, 2.24) is 4.90 Å². The van der Waals surface area contributed by atoms with E-state index in [2.05, 4.69) is 43.0 Å². The van der Waals surface area contributed by atoms with Crippen molar-refractivity contribution in [1.29, 1.82) is 0 Å². The minimum absolute atomic E-state index is 0.420. The smallest absolute Gasteiger partial charge is 0.0716 e. The summed E-state index contributed by atoms with van der Waals surface area (Å²) in [6.45, 7) is 7.20. The Morgan fingerprint density at radius 1 is 1.29 bits per heavy atom. The summed E-state index contributed by atoms with van der Waals surface area (Å²) in [4.78, 5) is 2.64. The van der Waals surface area contributed by atoms with Crippen LogP contribution in [0.4, 0.5) is 0 Å². The second kappa shape index (κ2) is 7.92. The number of nitrogens with zero attached hydrogens (tertiary/aromatic N) is 1. The van der Waals surface area contributed by atoms with Crippen molar-refractivity contribution in [2.75, 3.05) is 20.2 Å². The Balaban J connectivity index is 2.42. The van der Waals surface area contributed by atoms with Gasteiger partial charge in [-0.1, -0.05) is 30.7 Å². The van der Waals surface area contributed by atoms with E-state index in [0.29, 0.717) is 24.6 Å². The maximum absolute atomic E-state index is 6.13. The lowest BCUT2D eigenvalue weighted by Crippen LogP contribution is -2.40. The van der Waals surface area contributed by atoms with Gasteiger partial charge in [0.05, 0.1) is 6.61 Å². The molecular weight excluding hydrogens is 260 g/mol. The van der Waals surface area contributed by atoms with E-state index in [1.807, 2.05) is 0 Å². The Labute approximate surface area is 129 Å². The fourth-order valence-electron chi connectivity index (χ4n) is 3.64. The van der Waals surface area contributed by atoms with Crippen molar-refractivity contribution in [3.8, 4) is 0 Å². The second-order valence-corrected chi connectivity index (χ2v) is 6.40. The zero-order valence-corrected chi connectivity index (χ0v) is 13.7. The number of ether oxygens (including phenoxy) is 1. The standard InChI is InChI=1S/C18H30N2O/c1-14(2)20-11-7-6-8-15(12-19)18(20)17-10-5-4-9-16(17)13-21-3/h4-5,9-10,14-15,18H,6-8,11-13,19H2,1-3H3. The van der Waals surface area contributed by atoms with Crippen LogP contribution in [0.2, 0.25) is 0 Å². The minimum Gasteiger partial charge on any atom is -0.380 e. The van der Waals surface area contributed by atoms with Gasteiger partial charge < -0.3 is 10.5 Å². The first-order valence-electron chi connectivity index (χ1n) is 8.21. The van der Waals surface area contributed by atoms with Crippen molar-refractivity contribution < 1.29 is 4.74 Å². The van der Waals surface area contributed by atoms with Crippen LogP contribution >= 0.6 is 0 Å². The van der Waals surface area contributed by atoms with Gasteiger partial charge in [-0.05, 0) is 56.8 Å². The molecule has 21 heavy (non-hydrogen) atoms. The summed E-state index contributed by atoms with van der Waals surface area (Å²) in [6.07, 6.45) is 3.79. The maximum atomic E-state index is 6.13.